The van der Waals surface area contributed by atoms with E-state index < -0.39 is 6.10 Å². The normalized spacial score (nSPS) is 14.8. The molecule has 0 radical (unpaired) electrons. The van der Waals surface area contributed by atoms with Crippen LogP contribution in [-0.2, 0) is 4.79 Å². The molecule has 1 aromatic carbocycles. The summed E-state index contributed by atoms with van der Waals surface area (Å²) in [4.78, 5) is 11.4. The minimum absolute atomic E-state index is 0.0985. The third-order valence-electron chi connectivity index (χ3n) is 2.47. The highest BCUT2D eigenvalue weighted by Crippen LogP contribution is 2.22. The van der Waals surface area contributed by atoms with Crippen molar-refractivity contribution in [1.29, 1.82) is 0 Å². The van der Waals surface area contributed by atoms with Crippen molar-refractivity contribution in [2.24, 2.45) is 5.92 Å². The molecule has 0 amide bonds. The summed E-state index contributed by atoms with van der Waals surface area (Å²) in [5.74, 6) is -0.219. The first-order valence-corrected chi connectivity index (χ1v) is 4.92. The highest BCUT2D eigenvalue weighted by atomic mass is 16.3. The molecule has 14 heavy (non-hydrogen) atoms. The van der Waals surface area contributed by atoms with E-state index in [4.69, 9.17) is 0 Å². The average molecular weight is 192 g/mol. The van der Waals surface area contributed by atoms with Crippen LogP contribution < -0.4 is 0 Å². The molecular weight excluding hydrogens is 176 g/mol. The lowest BCUT2D eigenvalue weighted by Gasteiger charge is -2.17. The highest BCUT2D eigenvalue weighted by molar-refractivity contribution is 5.81. The van der Waals surface area contributed by atoms with E-state index in [0.717, 1.165) is 5.56 Å². The van der Waals surface area contributed by atoms with Crippen molar-refractivity contribution < 1.29 is 9.90 Å². The van der Waals surface area contributed by atoms with E-state index in [1.165, 1.54) is 0 Å². The van der Waals surface area contributed by atoms with Gasteiger partial charge in [-0.2, -0.15) is 0 Å². The zero-order chi connectivity index (χ0) is 10.6. The second kappa shape index (κ2) is 4.91. The van der Waals surface area contributed by atoms with Crippen molar-refractivity contribution in [2.45, 2.75) is 26.4 Å². The van der Waals surface area contributed by atoms with Crippen LogP contribution in [0.3, 0.4) is 0 Å². The number of benzene rings is 1. The van der Waals surface area contributed by atoms with Crippen LogP contribution in [0.1, 0.15) is 31.9 Å². The molecule has 76 valence electrons. The van der Waals surface area contributed by atoms with Gasteiger partial charge in [0.2, 0.25) is 0 Å². The van der Waals surface area contributed by atoms with Crippen molar-refractivity contribution in [1.82, 2.24) is 0 Å². The van der Waals surface area contributed by atoms with Crippen LogP contribution >= 0.6 is 0 Å². The van der Waals surface area contributed by atoms with Gasteiger partial charge in [0, 0.05) is 12.3 Å². The molecule has 1 rings (SSSR count). The monoisotopic (exact) mass is 192 g/mol. The minimum Gasteiger partial charge on any atom is -0.388 e. The van der Waals surface area contributed by atoms with E-state index >= 15 is 0 Å². The molecule has 0 unspecified atom stereocenters. The number of aliphatic hydroxyl groups is 1. The molecule has 0 aliphatic heterocycles. The van der Waals surface area contributed by atoms with Gasteiger partial charge in [-0.25, -0.2) is 0 Å². The van der Waals surface area contributed by atoms with Gasteiger partial charge in [0.15, 0.2) is 0 Å². The van der Waals surface area contributed by atoms with Gasteiger partial charge in [-0.15, -0.1) is 0 Å². The fourth-order valence-corrected chi connectivity index (χ4v) is 1.44. The number of carbonyl (C=O) groups is 1. The smallest absolute Gasteiger partial charge is 0.138 e. The van der Waals surface area contributed by atoms with Gasteiger partial charge < -0.3 is 5.11 Å². The summed E-state index contributed by atoms with van der Waals surface area (Å²) in [5.41, 5.74) is 0.807. The van der Waals surface area contributed by atoms with Gasteiger partial charge in [-0.3, -0.25) is 4.79 Å². The number of ketones is 1. The maximum absolute atomic E-state index is 11.4. The summed E-state index contributed by atoms with van der Waals surface area (Å²) in [7, 11) is 0. The molecule has 0 spiro atoms. The molecule has 0 aliphatic rings. The van der Waals surface area contributed by atoms with E-state index in [0.29, 0.717) is 6.42 Å². The predicted molar refractivity (Wildman–Crippen MR) is 55.9 cm³/mol. The van der Waals surface area contributed by atoms with Gasteiger partial charge in [0.25, 0.3) is 0 Å². The molecule has 1 N–H and O–H groups in total. The quantitative estimate of drug-likeness (QED) is 0.795. The Bertz CT molecular complexity index is 292. The molecule has 2 nitrogen and oxygen atoms in total. The van der Waals surface area contributed by atoms with Crippen LogP contribution in [0.2, 0.25) is 0 Å². The zero-order valence-electron chi connectivity index (χ0n) is 8.60. The summed E-state index contributed by atoms with van der Waals surface area (Å²) in [6.07, 6.45) is -0.200. The summed E-state index contributed by atoms with van der Waals surface area (Å²) >= 11 is 0. The molecule has 0 saturated carbocycles. The zero-order valence-corrected chi connectivity index (χ0v) is 8.60. The van der Waals surface area contributed by atoms with Crippen molar-refractivity contribution in [3.05, 3.63) is 35.9 Å². The Morgan fingerprint density at radius 2 is 1.93 bits per heavy atom. The molecule has 0 aromatic heterocycles. The Morgan fingerprint density at radius 3 is 2.43 bits per heavy atom. The third kappa shape index (κ3) is 2.42. The van der Waals surface area contributed by atoms with Gasteiger partial charge in [-0.1, -0.05) is 44.2 Å². The van der Waals surface area contributed by atoms with Crippen molar-refractivity contribution in [3.63, 3.8) is 0 Å². The van der Waals surface area contributed by atoms with Crippen LogP contribution in [-0.4, -0.2) is 10.9 Å². The number of hydrogen-bond acceptors (Lipinski definition) is 2. The standard InChI is InChI=1S/C12H16O2/c1-3-11(13)9(2)12(14)10-7-5-4-6-8-10/h4-9,12,14H,3H2,1-2H3/t9-,12-/m0/s1. The summed E-state index contributed by atoms with van der Waals surface area (Å²) in [6.45, 7) is 3.58. The topological polar surface area (TPSA) is 37.3 Å². The molecule has 0 saturated heterocycles. The largest absolute Gasteiger partial charge is 0.388 e. The van der Waals surface area contributed by atoms with Gasteiger partial charge >= 0.3 is 0 Å². The Labute approximate surface area is 84.6 Å². The fourth-order valence-electron chi connectivity index (χ4n) is 1.44. The fraction of sp³-hybridized carbons (Fsp3) is 0.417. The number of rotatable bonds is 4. The second-order valence-electron chi connectivity index (χ2n) is 3.46. The number of carbonyl (C=O) groups excluding carboxylic acids is 1. The summed E-state index contributed by atoms with van der Waals surface area (Å²) < 4.78 is 0. The lowest BCUT2D eigenvalue weighted by atomic mass is 9.93. The van der Waals surface area contributed by atoms with Crippen LogP contribution in [0.15, 0.2) is 30.3 Å². The van der Waals surface area contributed by atoms with E-state index in [9.17, 15) is 9.90 Å². The summed E-state index contributed by atoms with van der Waals surface area (Å²) in [6, 6.07) is 9.29. The molecule has 0 heterocycles. The molecule has 0 fully saturated rings. The molecule has 0 bridgehead atoms. The second-order valence-corrected chi connectivity index (χ2v) is 3.46. The van der Waals surface area contributed by atoms with Gasteiger partial charge in [0.05, 0.1) is 6.10 Å². The molecular formula is C12H16O2. The van der Waals surface area contributed by atoms with E-state index in [2.05, 4.69) is 0 Å². The lowest BCUT2D eigenvalue weighted by molar-refractivity contribution is -0.125. The molecule has 1 aromatic rings. The van der Waals surface area contributed by atoms with Gasteiger partial charge in [-0.05, 0) is 5.56 Å². The van der Waals surface area contributed by atoms with Crippen LogP contribution in [0.4, 0.5) is 0 Å². The SMILES string of the molecule is CCC(=O)[C@H](C)[C@H](O)c1ccccc1. The number of Topliss-reactive ketones (excluding diaryl/α,β-unsaturated/α-hetero) is 1. The van der Waals surface area contributed by atoms with Crippen LogP contribution in [0, 0.1) is 5.92 Å². The Balaban J connectivity index is 2.75. The Kier molecular flexibility index (Phi) is 3.84. The van der Waals surface area contributed by atoms with Crippen molar-refractivity contribution >= 4 is 5.78 Å². The average Bonchev–Trinajstić information content (AvgIpc) is 2.27. The molecule has 0 aliphatic carbocycles. The first kappa shape index (κ1) is 10.9. The third-order valence-corrected chi connectivity index (χ3v) is 2.47. The molecule has 2 atom stereocenters. The van der Waals surface area contributed by atoms with Crippen molar-refractivity contribution in [2.75, 3.05) is 0 Å². The van der Waals surface area contributed by atoms with E-state index in [1.807, 2.05) is 37.3 Å². The number of hydrogen-bond donors (Lipinski definition) is 1. The lowest BCUT2D eigenvalue weighted by Crippen LogP contribution is -2.18. The first-order valence-electron chi connectivity index (χ1n) is 4.92. The van der Waals surface area contributed by atoms with Gasteiger partial charge in [0.1, 0.15) is 5.78 Å². The predicted octanol–water partition coefficient (Wildman–Crippen LogP) is 2.34. The first-order chi connectivity index (χ1) is 6.66. The Morgan fingerprint density at radius 1 is 1.36 bits per heavy atom. The van der Waals surface area contributed by atoms with Crippen molar-refractivity contribution in [3.8, 4) is 0 Å². The maximum Gasteiger partial charge on any atom is 0.138 e. The highest BCUT2D eigenvalue weighted by Gasteiger charge is 2.21. The van der Waals surface area contributed by atoms with Crippen LogP contribution in [0.25, 0.3) is 0 Å². The summed E-state index contributed by atoms with van der Waals surface area (Å²) in [5, 5.41) is 9.87. The van der Waals surface area contributed by atoms with E-state index in [-0.39, 0.29) is 11.7 Å². The minimum atomic E-state index is -0.677. The maximum atomic E-state index is 11.4. The number of aliphatic hydroxyl groups excluding tert-OH is 1. The van der Waals surface area contributed by atoms with Crippen LogP contribution in [0.5, 0.6) is 0 Å². The molecule has 2 heteroatoms. The Hall–Kier alpha value is -1.15. The van der Waals surface area contributed by atoms with E-state index in [1.54, 1.807) is 6.92 Å².